The Balaban J connectivity index is 0. The molecule has 0 fully saturated rings. The van der Waals surface area contributed by atoms with Crippen molar-refractivity contribution in [3.63, 3.8) is 0 Å². The second kappa shape index (κ2) is 4.61. The number of hydrogen-bond donors (Lipinski definition) is 0. The van der Waals surface area contributed by atoms with Crippen LogP contribution in [0.1, 0.15) is 13.8 Å². The zero-order chi connectivity index (χ0) is 3.58. The summed E-state index contributed by atoms with van der Waals surface area (Å²) in [4.78, 5) is 9.44. The van der Waals surface area contributed by atoms with Crippen molar-refractivity contribution in [3.05, 3.63) is 0 Å². The molecule has 0 aliphatic heterocycles. The summed E-state index contributed by atoms with van der Waals surface area (Å²) in [6, 6.07) is 0. The molecule has 0 rings (SSSR count). The molecule has 0 N–H and O–H groups in total. The van der Waals surface area contributed by atoms with Crippen LogP contribution in [0.25, 0.3) is 0 Å². The van der Waals surface area contributed by atoms with Crippen molar-refractivity contribution in [1.82, 2.24) is 0 Å². The minimum atomic E-state index is 0. The Kier molecular flexibility index (Phi) is 8.42. The normalized spacial score (nSPS) is 5.20. The molecule has 0 aromatic carbocycles. The molecular formula is C3H6HgO+2. The molecule has 2 heteroatoms. The fourth-order valence-electron chi connectivity index (χ4n) is 0. The first-order valence-electron chi connectivity index (χ1n) is 1.20. The summed E-state index contributed by atoms with van der Waals surface area (Å²) in [5, 5.41) is 0. The van der Waals surface area contributed by atoms with Gasteiger partial charge in [0.2, 0.25) is 0 Å². The smallest absolute Gasteiger partial charge is 0.300 e. The molecule has 0 aliphatic carbocycles. The topological polar surface area (TPSA) is 17.1 Å². The maximum atomic E-state index is 9.44. The monoisotopic (exact) mass is 260 g/mol. The minimum absolute atomic E-state index is 0. The van der Waals surface area contributed by atoms with Gasteiger partial charge < -0.3 is 4.79 Å². The maximum Gasteiger partial charge on any atom is 2.00 e. The van der Waals surface area contributed by atoms with E-state index in [9.17, 15) is 4.79 Å². The number of ketones is 1. The first-order chi connectivity index (χ1) is 1.73. The van der Waals surface area contributed by atoms with Crippen LogP contribution >= 0.6 is 0 Å². The summed E-state index contributed by atoms with van der Waals surface area (Å²) in [5.41, 5.74) is 0. The Morgan fingerprint density at radius 1 is 1.40 bits per heavy atom. The summed E-state index contributed by atoms with van der Waals surface area (Å²) in [6.45, 7) is 3.06. The average molecular weight is 259 g/mol. The van der Waals surface area contributed by atoms with Crippen molar-refractivity contribution in [2.75, 3.05) is 0 Å². The predicted octanol–water partition coefficient (Wildman–Crippen LogP) is 0.593. The summed E-state index contributed by atoms with van der Waals surface area (Å²) in [5.74, 6) is 0.167. The van der Waals surface area contributed by atoms with Gasteiger partial charge in [0.1, 0.15) is 5.78 Å². The average Bonchev–Trinajstić information content (AvgIpc) is 0.811. The van der Waals surface area contributed by atoms with Crippen LogP contribution in [0.4, 0.5) is 0 Å². The molecule has 1 nitrogen and oxygen atoms in total. The van der Waals surface area contributed by atoms with Gasteiger partial charge >= 0.3 is 27.7 Å². The maximum absolute atomic E-state index is 9.44. The van der Waals surface area contributed by atoms with Gasteiger partial charge in [0.25, 0.3) is 0 Å². The van der Waals surface area contributed by atoms with Gasteiger partial charge in [0.15, 0.2) is 0 Å². The third kappa shape index (κ3) is 85.4. The second-order valence-corrected chi connectivity index (χ2v) is 0.908. The number of Topliss-reactive ketones (excluding diaryl/α,β-unsaturated/α-hetero) is 1. The summed E-state index contributed by atoms with van der Waals surface area (Å²) in [7, 11) is 0. The predicted molar refractivity (Wildman–Crippen MR) is 16.4 cm³/mol. The quantitative estimate of drug-likeness (QED) is 0.582. The van der Waals surface area contributed by atoms with Crippen molar-refractivity contribution in [2.24, 2.45) is 0 Å². The van der Waals surface area contributed by atoms with Gasteiger partial charge in [-0.1, -0.05) is 0 Å². The first-order valence-corrected chi connectivity index (χ1v) is 1.20. The van der Waals surface area contributed by atoms with Crippen LogP contribution in [0.3, 0.4) is 0 Å². The van der Waals surface area contributed by atoms with E-state index in [2.05, 4.69) is 0 Å². The van der Waals surface area contributed by atoms with Crippen LogP contribution in [0, 0.1) is 0 Å². The van der Waals surface area contributed by atoms with E-state index in [4.69, 9.17) is 0 Å². The van der Waals surface area contributed by atoms with E-state index in [1.165, 1.54) is 13.8 Å². The van der Waals surface area contributed by atoms with Gasteiger partial charge in [-0.25, -0.2) is 0 Å². The van der Waals surface area contributed by atoms with E-state index < -0.39 is 0 Å². The largest absolute Gasteiger partial charge is 2.00 e. The van der Waals surface area contributed by atoms with Crippen molar-refractivity contribution < 1.29 is 32.5 Å². The number of carbonyl (C=O) groups is 1. The zero-order valence-electron chi connectivity index (χ0n) is 3.62. The number of hydrogen-bond acceptors (Lipinski definition) is 1. The summed E-state index contributed by atoms with van der Waals surface area (Å²) >= 11 is 0. The molecule has 5 heavy (non-hydrogen) atoms. The zero-order valence-corrected chi connectivity index (χ0v) is 9.11. The standard InChI is InChI=1S/C3H6O.Hg/c1-3(2)4;/h1-2H3;/q;+2. The van der Waals surface area contributed by atoms with Crippen molar-refractivity contribution in [3.8, 4) is 0 Å². The van der Waals surface area contributed by atoms with Crippen molar-refractivity contribution >= 4 is 5.78 Å². The van der Waals surface area contributed by atoms with Gasteiger partial charge in [-0.15, -0.1) is 0 Å². The number of carbonyl (C=O) groups excluding carboxylic acids is 1. The Bertz CT molecular complexity index is 29.9. The van der Waals surface area contributed by atoms with E-state index in [0.717, 1.165) is 0 Å². The Hall–Kier alpha value is 0.605. The molecule has 0 bridgehead atoms. The van der Waals surface area contributed by atoms with E-state index in [0.29, 0.717) is 0 Å². The molecule has 24 valence electrons. The SMILES string of the molecule is CC(C)=O.[Hg+2]. The van der Waals surface area contributed by atoms with Crippen molar-refractivity contribution in [1.29, 1.82) is 0 Å². The van der Waals surface area contributed by atoms with Crippen LogP contribution in [-0.2, 0) is 32.5 Å². The Morgan fingerprint density at radius 2 is 1.40 bits per heavy atom. The van der Waals surface area contributed by atoms with Gasteiger partial charge in [-0.2, -0.15) is 0 Å². The molecular weight excluding hydrogens is 253 g/mol. The molecule has 0 amide bonds. The molecule has 0 saturated heterocycles. The molecule has 0 spiro atoms. The number of rotatable bonds is 0. The van der Waals surface area contributed by atoms with E-state index in [-0.39, 0.29) is 33.5 Å². The molecule has 0 atom stereocenters. The van der Waals surface area contributed by atoms with E-state index in [1.807, 2.05) is 0 Å². The van der Waals surface area contributed by atoms with Crippen LogP contribution in [0.5, 0.6) is 0 Å². The second-order valence-electron chi connectivity index (χ2n) is 0.908. The molecule has 0 radical (unpaired) electrons. The summed E-state index contributed by atoms with van der Waals surface area (Å²) in [6.07, 6.45) is 0. The fraction of sp³-hybridized carbons (Fsp3) is 0.667. The minimum Gasteiger partial charge on any atom is -0.300 e. The Labute approximate surface area is 52.3 Å². The summed E-state index contributed by atoms with van der Waals surface area (Å²) < 4.78 is 0. The van der Waals surface area contributed by atoms with Crippen LogP contribution in [0.15, 0.2) is 0 Å². The van der Waals surface area contributed by atoms with Gasteiger partial charge in [-0.05, 0) is 13.8 Å². The fourth-order valence-corrected chi connectivity index (χ4v) is 0. The Morgan fingerprint density at radius 3 is 1.40 bits per heavy atom. The molecule has 0 aromatic heterocycles. The molecule has 0 unspecified atom stereocenters. The van der Waals surface area contributed by atoms with Crippen LogP contribution in [-0.4, -0.2) is 5.78 Å². The first kappa shape index (κ1) is 9.15. The third-order valence-electron chi connectivity index (χ3n) is 0. The van der Waals surface area contributed by atoms with Gasteiger partial charge in [0, 0.05) is 0 Å². The van der Waals surface area contributed by atoms with Crippen molar-refractivity contribution in [2.45, 2.75) is 13.8 Å². The molecule has 0 aliphatic rings. The van der Waals surface area contributed by atoms with Gasteiger partial charge in [0.05, 0.1) is 0 Å². The van der Waals surface area contributed by atoms with Gasteiger partial charge in [-0.3, -0.25) is 0 Å². The van der Waals surface area contributed by atoms with Crippen LogP contribution < -0.4 is 0 Å². The molecule has 0 saturated carbocycles. The molecule has 0 heterocycles. The van der Waals surface area contributed by atoms with E-state index in [1.54, 1.807) is 0 Å². The molecule has 0 aromatic rings. The third-order valence-corrected chi connectivity index (χ3v) is 0. The van der Waals surface area contributed by atoms with Crippen LogP contribution in [0.2, 0.25) is 0 Å². The van der Waals surface area contributed by atoms with E-state index >= 15 is 0 Å².